The van der Waals surface area contributed by atoms with Gasteiger partial charge in [0.05, 0.1) is 12.7 Å². The zero-order chi connectivity index (χ0) is 14.1. The monoisotopic (exact) mass is 268 g/mol. The molecule has 2 unspecified atom stereocenters. The van der Waals surface area contributed by atoms with E-state index < -0.39 is 0 Å². The lowest BCUT2D eigenvalue weighted by molar-refractivity contribution is -0.0240. The van der Waals surface area contributed by atoms with Crippen LogP contribution in [0.25, 0.3) is 0 Å². The predicted molar refractivity (Wildman–Crippen MR) is 80.5 cm³/mol. The normalized spacial score (nSPS) is 36.9. The second-order valence-corrected chi connectivity index (χ2v) is 7.24. The Morgan fingerprint density at radius 2 is 2.00 bits per heavy atom. The van der Waals surface area contributed by atoms with E-state index in [0.717, 1.165) is 32.2 Å². The predicted octanol–water partition coefficient (Wildman–Crippen LogP) is 2.65. The number of ether oxygens (including phenoxy) is 1. The van der Waals surface area contributed by atoms with E-state index in [1.54, 1.807) is 0 Å². The third-order valence-corrected chi connectivity index (χ3v) is 5.18. The number of piperazine rings is 1. The summed E-state index contributed by atoms with van der Waals surface area (Å²) in [4.78, 5) is 2.70. The summed E-state index contributed by atoms with van der Waals surface area (Å²) in [6.45, 7) is 15.5. The SMILES string of the molecule is CCC1(C)CN(CCOC(C)C)C(C)(C2CC2)CN1. The molecule has 2 atom stereocenters. The lowest BCUT2D eigenvalue weighted by Crippen LogP contribution is -2.69. The quantitative estimate of drug-likeness (QED) is 0.801. The Labute approximate surface area is 119 Å². The highest BCUT2D eigenvalue weighted by Gasteiger charge is 2.50. The van der Waals surface area contributed by atoms with Crippen molar-refractivity contribution in [3.05, 3.63) is 0 Å². The fraction of sp³-hybridized carbons (Fsp3) is 1.00. The summed E-state index contributed by atoms with van der Waals surface area (Å²) in [6, 6.07) is 0. The molecule has 1 N–H and O–H groups in total. The molecule has 1 aliphatic carbocycles. The third kappa shape index (κ3) is 3.50. The number of nitrogens with zero attached hydrogens (tertiary/aromatic N) is 1. The van der Waals surface area contributed by atoms with E-state index in [2.05, 4.69) is 44.8 Å². The highest BCUT2D eigenvalue weighted by Crippen LogP contribution is 2.44. The van der Waals surface area contributed by atoms with E-state index in [0.29, 0.717) is 11.6 Å². The average molecular weight is 268 g/mol. The molecule has 112 valence electrons. The van der Waals surface area contributed by atoms with Gasteiger partial charge in [0.25, 0.3) is 0 Å². The van der Waals surface area contributed by atoms with E-state index in [4.69, 9.17) is 4.74 Å². The van der Waals surface area contributed by atoms with Gasteiger partial charge in [-0.3, -0.25) is 4.90 Å². The van der Waals surface area contributed by atoms with Crippen LogP contribution in [0.1, 0.15) is 53.9 Å². The van der Waals surface area contributed by atoms with E-state index in [-0.39, 0.29) is 5.54 Å². The van der Waals surface area contributed by atoms with Crippen molar-refractivity contribution < 1.29 is 4.74 Å². The second kappa shape index (κ2) is 5.71. The van der Waals surface area contributed by atoms with Gasteiger partial charge in [0, 0.05) is 30.7 Å². The second-order valence-electron chi connectivity index (χ2n) is 7.24. The Bertz CT molecular complexity index is 303. The number of hydrogen-bond donors (Lipinski definition) is 1. The summed E-state index contributed by atoms with van der Waals surface area (Å²) >= 11 is 0. The Balaban J connectivity index is 1.99. The largest absolute Gasteiger partial charge is 0.377 e. The number of nitrogens with one attached hydrogen (secondary N) is 1. The molecule has 0 radical (unpaired) electrons. The van der Waals surface area contributed by atoms with Crippen LogP contribution in [-0.2, 0) is 4.74 Å². The summed E-state index contributed by atoms with van der Waals surface area (Å²) in [5.74, 6) is 0.889. The van der Waals surface area contributed by atoms with Crippen LogP contribution >= 0.6 is 0 Å². The van der Waals surface area contributed by atoms with Crippen molar-refractivity contribution in [1.82, 2.24) is 10.2 Å². The smallest absolute Gasteiger partial charge is 0.0597 e. The summed E-state index contributed by atoms with van der Waals surface area (Å²) in [5.41, 5.74) is 0.612. The molecule has 3 nitrogen and oxygen atoms in total. The number of rotatable bonds is 6. The fourth-order valence-electron chi connectivity index (χ4n) is 3.24. The van der Waals surface area contributed by atoms with Crippen LogP contribution in [0.2, 0.25) is 0 Å². The van der Waals surface area contributed by atoms with Gasteiger partial charge in [-0.05, 0) is 52.9 Å². The van der Waals surface area contributed by atoms with Crippen LogP contribution in [0.15, 0.2) is 0 Å². The Kier molecular flexibility index (Phi) is 4.59. The topological polar surface area (TPSA) is 24.5 Å². The molecule has 0 spiro atoms. The molecular weight excluding hydrogens is 236 g/mol. The minimum Gasteiger partial charge on any atom is -0.377 e. The lowest BCUT2D eigenvalue weighted by atomic mass is 9.84. The molecule has 0 aromatic rings. The van der Waals surface area contributed by atoms with Gasteiger partial charge < -0.3 is 10.1 Å². The minimum absolute atomic E-state index is 0.270. The summed E-state index contributed by atoms with van der Waals surface area (Å²) in [6.07, 6.45) is 4.34. The van der Waals surface area contributed by atoms with Crippen molar-refractivity contribution in [3.63, 3.8) is 0 Å². The van der Waals surface area contributed by atoms with Crippen LogP contribution in [0.5, 0.6) is 0 Å². The van der Waals surface area contributed by atoms with Crippen LogP contribution < -0.4 is 5.32 Å². The van der Waals surface area contributed by atoms with Gasteiger partial charge in [-0.1, -0.05) is 6.92 Å². The maximum absolute atomic E-state index is 5.78. The van der Waals surface area contributed by atoms with Crippen molar-refractivity contribution in [1.29, 1.82) is 0 Å². The molecule has 0 aromatic heterocycles. The van der Waals surface area contributed by atoms with E-state index >= 15 is 0 Å². The highest BCUT2D eigenvalue weighted by molar-refractivity contribution is 5.07. The van der Waals surface area contributed by atoms with E-state index in [1.165, 1.54) is 19.3 Å². The first-order chi connectivity index (χ1) is 8.89. The van der Waals surface area contributed by atoms with Crippen molar-refractivity contribution in [2.75, 3.05) is 26.2 Å². The molecule has 1 saturated carbocycles. The minimum atomic E-state index is 0.270. The molecule has 0 amide bonds. The van der Waals surface area contributed by atoms with Crippen molar-refractivity contribution in [2.24, 2.45) is 5.92 Å². The van der Waals surface area contributed by atoms with Crippen LogP contribution in [0.3, 0.4) is 0 Å². The molecule has 1 aliphatic heterocycles. The molecule has 19 heavy (non-hydrogen) atoms. The summed E-state index contributed by atoms with van der Waals surface area (Å²) in [5, 5.41) is 3.80. The van der Waals surface area contributed by atoms with Crippen molar-refractivity contribution in [2.45, 2.75) is 71.1 Å². The molecule has 2 aliphatic rings. The lowest BCUT2D eigenvalue weighted by Gasteiger charge is -2.52. The summed E-state index contributed by atoms with van der Waals surface area (Å²) in [7, 11) is 0. The Morgan fingerprint density at radius 1 is 1.32 bits per heavy atom. The van der Waals surface area contributed by atoms with Gasteiger partial charge in [-0.15, -0.1) is 0 Å². The summed E-state index contributed by atoms with van der Waals surface area (Å²) < 4.78 is 5.78. The molecule has 2 fully saturated rings. The van der Waals surface area contributed by atoms with Gasteiger partial charge in [0.1, 0.15) is 0 Å². The standard InChI is InChI=1S/C16H32N2O/c1-6-15(4)12-18(9-10-19-13(2)3)16(5,11-17-15)14-7-8-14/h13-14,17H,6-12H2,1-5H3. The highest BCUT2D eigenvalue weighted by atomic mass is 16.5. The first-order valence-corrected chi connectivity index (χ1v) is 8.01. The first-order valence-electron chi connectivity index (χ1n) is 8.01. The van der Waals surface area contributed by atoms with Crippen LogP contribution in [-0.4, -0.2) is 48.3 Å². The van der Waals surface area contributed by atoms with Crippen LogP contribution in [0.4, 0.5) is 0 Å². The van der Waals surface area contributed by atoms with Gasteiger partial charge in [0.15, 0.2) is 0 Å². The molecule has 0 bridgehead atoms. The Morgan fingerprint density at radius 3 is 2.53 bits per heavy atom. The van der Waals surface area contributed by atoms with Gasteiger partial charge >= 0.3 is 0 Å². The van der Waals surface area contributed by atoms with Gasteiger partial charge in [0.2, 0.25) is 0 Å². The molecular formula is C16H32N2O. The first kappa shape index (κ1) is 15.3. The maximum atomic E-state index is 5.78. The van der Waals surface area contributed by atoms with Crippen molar-refractivity contribution in [3.8, 4) is 0 Å². The molecule has 2 rings (SSSR count). The molecule has 3 heteroatoms. The zero-order valence-corrected chi connectivity index (χ0v) is 13.5. The third-order valence-electron chi connectivity index (χ3n) is 5.18. The Hall–Kier alpha value is -0.120. The fourth-order valence-corrected chi connectivity index (χ4v) is 3.24. The zero-order valence-electron chi connectivity index (χ0n) is 13.5. The van der Waals surface area contributed by atoms with Gasteiger partial charge in [-0.25, -0.2) is 0 Å². The average Bonchev–Trinajstić information content (AvgIpc) is 3.18. The van der Waals surface area contributed by atoms with Gasteiger partial charge in [-0.2, -0.15) is 0 Å². The molecule has 1 saturated heterocycles. The van der Waals surface area contributed by atoms with Crippen molar-refractivity contribution >= 4 is 0 Å². The van der Waals surface area contributed by atoms with E-state index in [9.17, 15) is 0 Å². The number of hydrogen-bond acceptors (Lipinski definition) is 3. The van der Waals surface area contributed by atoms with Crippen LogP contribution in [0, 0.1) is 5.92 Å². The molecule has 0 aromatic carbocycles. The molecule has 1 heterocycles. The maximum Gasteiger partial charge on any atom is 0.0597 e. The van der Waals surface area contributed by atoms with E-state index in [1.807, 2.05) is 0 Å².